The predicted molar refractivity (Wildman–Crippen MR) is 64.2 cm³/mol. The summed E-state index contributed by atoms with van der Waals surface area (Å²) in [4.78, 5) is 2.56. The van der Waals surface area contributed by atoms with E-state index in [9.17, 15) is 0 Å². The van der Waals surface area contributed by atoms with Crippen LogP contribution in [0.15, 0.2) is 0 Å². The minimum atomic E-state index is 0.801. The van der Waals surface area contributed by atoms with Gasteiger partial charge in [-0.3, -0.25) is 0 Å². The lowest BCUT2D eigenvalue weighted by Gasteiger charge is -2.31. The molecule has 0 atom stereocenters. The van der Waals surface area contributed by atoms with Crippen LogP contribution in [0.5, 0.6) is 0 Å². The van der Waals surface area contributed by atoms with Gasteiger partial charge in [-0.05, 0) is 44.8 Å². The normalized spacial score (nSPS) is 19.6. The fourth-order valence-electron chi connectivity index (χ4n) is 2.15. The van der Waals surface area contributed by atoms with Gasteiger partial charge in [0.1, 0.15) is 0 Å². The van der Waals surface area contributed by atoms with Crippen LogP contribution < -0.4 is 5.32 Å². The first-order valence-electron chi connectivity index (χ1n) is 6.28. The van der Waals surface area contributed by atoms with Gasteiger partial charge in [0.2, 0.25) is 0 Å². The zero-order valence-electron chi connectivity index (χ0n) is 10.3. The molecule has 0 bridgehead atoms. The van der Waals surface area contributed by atoms with Crippen LogP contribution in [0.2, 0.25) is 0 Å². The van der Waals surface area contributed by atoms with E-state index in [2.05, 4.69) is 17.1 Å². The molecule has 3 heteroatoms. The van der Waals surface area contributed by atoms with Gasteiger partial charge >= 0.3 is 0 Å². The van der Waals surface area contributed by atoms with Crippen LogP contribution >= 0.6 is 0 Å². The minimum Gasteiger partial charge on any atom is -0.384 e. The van der Waals surface area contributed by atoms with Crippen molar-refractivity contribution in [3.05, 3.63) is 0 Å². The van der Waals surface area contributed by atoms with Crippen LogP contribution in [0, 0.1) is 5.92 Å². The van der Waals surface area contributed by atoms with Crippen LogP contribution in [-0.4, -0.2) is 51.3 Å². The maximum atomic E-state index is 5.20. The van der Waals surface area contributed by atoms with Crippen LogP contribution in [0.25, 0.3) is 0 Å². The highest BCUT2D eigenvalue weighted by atomic mass is 16.5. The third-order valence-corrected chi connectivity index (χ3v) is 3.14. The Labute approximate surface area is 94.2 Å². The average Bonchev–Trinajstić information content (AvgIpc) is 2.27. The zero-order chi connectivity index (χ0) is 10.9. The summed E-state index contributed by atoms with van der Waals surface area (Å²) in [6.07, 6.45) is 3.85. The number of likely N-dealkylation sites (tertiary alicyclic amines) is 1. The first-order chi connectivity index (χ1) is 7.36. The van der Waals surface area contributed by atoms with Crippen LogP contribution in [-0.2, 0) is 4.74 Å². The lowest BCUT2D eigenvalue weighted by molar-refractivity contribution is 0.0999. The lowest BCUT2D eigenvalue weighted by atomic mass is 9.98. The Balaban J connectivity index is 1.99. The molecule has 1 rings (SSSR count). The fourth-order valence-corrected chi connectivity index (χ4v) is 2.15. The molecule has 1 saturated heterocycles. The van der Waals surface area contributed by atoms with E-state index in [1.165, 1.54) is 38.9 Å². The molecule has 0 saturated carbocycles. The quantitative estimate of drug-likeness (QED) is 0.647. The maximum absolute atomic E-state index is 5.20. The number of nitrogens with zero attached hydrogens (tertiary/aromatic N) is 1. The van der Waals surface area contributed by atoms with Crippen LogP contribution in [0.4, 0.5) is 0 Å². The minimum absolute atomic E-state index is 0.801. The first-order valence-corrected chi connectivity index (χ1v) is 6.28. The number of ether oxygens (including phenoxy) is 1. The second-order valence-electron chi connectivity index (χ2n) is 4.49. The van der Waals surface area contributed by atoms with E-state index in [0.717, 1.165) is 25.6 Å². The molecule has 1 aliphatic rings. The Kier molecular flexibility index (Phi) is 6.98. The molecule has 1 N–H and O–H groups in total. The summed E-state index contributed by atoms with van der Waals surface area (Å²) in [5.74, 6) is 0.801. The third-order valence-electron chi connectivity index (χ3n) is 3.14. The molecule has 0 amide bonds. The van der Waals surface area contributed by atoms with Crippen molar-refractivity contribution < 1.29 is 4.74 Å². The van der Waals surface area contributed by atoms with Crippen molar-refractivity contribution in [2.24, 2.45) is 5.92 Å². The molecule has 15 heavy (non-hydrogen) atoms. The highest BCUT2D eigenvalue weighted by molar-refractivity contribution is 4.72. The molecule has 0 unspecified atom stereocenters. The van der Waals surface area contributed by atoms with Crippen LogP contribution in [0.3, 0.4) is 0 Å². The number of rotatable bonds is 7. The Morgan fingerprint density at radius 2 is 2.00 bits per heavy atom. The van der Waals surface area contributed by atoms with E-state index in [1.54, 1.807) is 7.11 Å². The maximum Gasteiger partial charge on any atom is 0.0491 e. The number of nitrogens with one attached hydrogen (secondary N) is 1. The van der Waals surface area contributed by atoms with E-state index >= 15 is 0 Å². The topological polar surface area (TPSA) is 24.5 Å². The van der Waals surface area contributed by atoms with Crippen molar-refractivity contribution in [2.45, 2.75) is 26.2 Å². The molecule has 0 spiro atoms. The Morgan fingerprint density at radius 3 is 2.60 bits per heavy atom. The molecule has 3 nitrogen and oxygen atoms in total. The second-order valence-corrected chi connectivity index (χ2v) is 4.49. The van der Waals surface area contributed by atoms with Crippen molar-refractivity contribution in [1.29, 1.82) is 0 Å². The van der Waals surface area contributed by atoms with E-state index in [-0.39, 0.29) is 0 Å². The van der Waals surface area contributed by atoms with Crippen molar-refractivity contribution in [3.63, 3.8) is 0 Å². The number of hydrogen-bond acceptors (Lipinski definition) is 3. The average molecular weight is 214 g/mol. The highest BCUT2D eigenvalue weighted by Gasteiger charge is 2.18. The molecule has 90 valence electrons. The summed E-state index contributed by atoms with van der Waals surface area (Å²) in [6.45, 7) is 9.16. The van der Waals surface area contributed by atoms with Crippen molar-refractivity contribution in [2.75, 3.05) is 46.4 Å². The Morgan fingerprint density at radius 1 is 1.27 bits per heavy atom. The number of piperidine rings is 1. The summed E-state index contributed by atoms with van der Waals surface area (Å²) in [5.41, 5.74) is 0. The SMILES string of the molecule is CCCNCCN1CCC(COC)CC1. The Hall–Kier alpha value is -0.120. The van der Waals surface area contributed by atoms with Gasteiger partial charge in [0.05, 0.1) is 0 Å². The van der Waals surface area contributed by atoms with Crippen molar-refractivity contribution in [3.8, 4) is 0 Å². The summed E-state index contributed by atoms with van der Waals surface area (Å²) in [5, 5.41) is 3.45. The van der Waals surface area contributed by atoms with Gasteiger partial charge in [-0.25, -0.2) is 0 Å². The molecule has 0 aromatic rings. The molecular weight excluding hydrogens is 188 g/mol. The van der Waals surface area contributed by atoms with Gasteiger partial charge in [0.25, 0.3) is 0 Å². The molecule has 0 radical (unpaired) electrons. The van der Waals surface area contributed by atoms with Gasteiger partial charge < -0.3 is 15.0 Å². The summed E-state index contributed by atoms with van der Waals surface area (Å²) >= 11 is 0. The van der Waals surface area contributed by atoms with Gasteiger partial charge in [-0.15, -0.1) is 0 Å². The molecule has 1 aliphatic heterocycles. The molecule has 1 fully saturated rings. The van der Waals surface area contributed by atoms with E-state index in [0.29, 0.717) is 0 Å². The standard InChI is InChI=1S/C12H26N2O/c1-3-6-13-7-10-14-8-4-12(5-9-14)11-15-2/h12-13H,3-11H2,1-2H3. The van der Waals surface area contributed by atoms with Crippen molar-refractivity contribution >= 4 is 0 Å². The number of methoxy groups -OCH3 is 1. The highest BCUT2D eigenvalue weighted by Crippen LogP contribution is 2.16. The van der Waals surface area contributed by atoms with Crippen LogP contribution in [0.1, 0.15) is 26.2 Å². The number of hydrogen-bond donors (Lipinski definition) is 1. The van der Waals surface area contributed by atoms with E-state index in [4.69, 9.17) is 4.74 Å². The van der Waals surface area contributed by atoms with E-state index < -0.39 is 0 Å². The Bertz CT molecular complexity index is 142. The molecular formula is C12H26N2O. The van der Waals surface area contributed by atoms with Crippen molar-refractivity contribution in [1.82, 2.24) is 10.2 Å². The zero-order valence-corrected chi connectivity index (χ0v) is 10.3. The summed E-state index contributed by atoms with van der Waals surface area (Å²) in [6, 6.07) is 0. The largest absolute Gasteiger partial charge is 0.384 e. The summed E-state index contributed by atoms with van der Waals surface area (Å²) in [7, 11) is 1.81. The van der Waals surface area contributed by atoms with E-state index in [1.807, 2.05) is 0 Å². The molecule has 0 aromatic carbocycles. The monoisotopic (exact) mass is 214 g/mol. The van der Waals surface area contributed by atoms with Gasteiger partial charge in [-0.2, -0.15) is 0 Å². The summed E-state index contributed by atoms with van der Waals surface area (Å²) < 4.78 is 5.20. The van der Waals surface area contributed by atoms with Gasteiger partial charge in [0.15, 0.2) is 0 Å². The predicted octanol–water partition coefficient (Wildman–Crippen LogP) is 1.34. The smallest absolute Gasteiger partial charge is 0.0491 e. The van der Waals surface area contributed by atoms with Gasteiger partial charge in [0, 0.05) is 26.8 Å². The lowest BCUT2D eigenvalue weighted by Crippen LogP contribution is -2.39. The third kappa shape index (κ3) is 5.50. The fraction of sp³-hybridized carbons (Fsp3) is 1.00. The molecule has 0 aromatic heterocycles. The molecule has 0 aliphatic carbocycles. The second kappa shape index (κ2) is 8.08. The van der Waals surface area contributed by atoms with Gasteiger partial charge in [-0.1, -0.05) is 6.92 Å². The molecule has 1 heterocycles. The first kappa shape index (κ1) is 12.9.